The maximum Gasteiger partial charge on any atom is 0.118 e. The summed E-state index contributed by atoms with van der Waals surface area (Å²) in [7, 11) is 1.66. The number of nitrogens with two attached hydrogens (primary N) is 1. The molecule has 0 bridgehead atoms. The fourth-order valence-corrected chi connectivity index (χ4v) is 2.19. The Morgan fingerprint density at radius 2 is 1.79 bits per heavy atom. The van der Waals surface area contributed by atoms with Crippen LogP contribution in [0.15, 0.2) is 46.9 Å². The number of benzene rings is 2. The number of hydrogen-bond acceptors (Lipinski definition) is 3. The van der Waals surface area contributed by atoms with Crippen molar-refractivity contribution in [3.63, 3.8) is 0 Å². The highest BCUT2D eigenvalue weighted by Gasteiger charge is 2.01. The number of nitrogen functional groups attached to an aromatic ring is 1. The molecule has 0 aromatic heterocycles. The van der Waals surface area contributed by atoms with Crippen molar-refractivity contribution in [2.24, 2.45) is 0 Å². The summed E-state index contributed by atoms with van der Waals surface area (Å²) in [6, 6.07) is 13.6. The minimum Gasteiger partial charge on any atom is -0.497 e. The lowest BCUT2D eigenvalue weighted by Crippen LogP contribution is -1.96. The molecule has 3 nitrogen and oxygen atoms in total. The van der Waals surface area contributed by atoms with Crippen LogP contribution < -0.4 is 10.5 Å². The van der Waals surface area contributed by atoms with Gasteiger partial charge in [0.25, 0.3) is 0 Å². The smallest absolute Gasteiger partial charge is 0.118 e. The first-order valence-electron chi connectivity index (χ1n) is 5.93. The first kappa shape index (κ1) is 13.9. The summed E-state index contributed by atoms with van der Waals surface area (Å²) in [5.74, 6) is 0.852. The van der Waals surface area contributed by atoms with E-state index in [2.05, 4.69) is 15.9 Å². The van der Waals surface area contributed by atoms with Crippen molar-refractivity contribution in [2.45, 2.75) is 13.2 Å². The van der Waals surface area contributed by atoms with Crippen LogP contribution >= 0.6 is 15.9 Å². The van der Waals surface area contributed by atoms with Gasteiger partial charge in [0.15, 0.2) is 0 Å². The largest absolute Gasteiger partial charge is 0.497 e. The van der Waals surface area contributed by atoms with Gasteiger partial charge >= 0.3 is 0 Å². The van der Waals surface area contributed by atoms with E-state index in [-0.39, 0.29) is 0 Å². The van der Waals surface area contributed by atoms with Gasteiger partial charge in [-0.1, -0.05) is 34.1 Å². The quantitative estimate of drug-likeness (QED) is 0.853. The van der Waals surface area contributed by atoms with E-state index in [1.807, 2.05) is 42.5 Å². The zero-order valence-corrected chi connectivity index (χ0v) is 12.3. The van der Waals surface area contributed by atoms with Gasteiger partial charge in [0.1, 0.15) is 5.75 Å². The molecule has 0 saturated carbocycles. The van der Waals surface area contributed by atoms with Crippen LogP contribution in [0.5, 0.6) is 5.75 Å². The monoisotopic (exact) mass is 321 g/mol. The lowest BCUT2D eigenvalue weighted by molar-refractivity contribution is 0.107. The standard InChI is InChI=1S/C15H16BrNO2/c1-18-14-6-2-11(3-7-14)9-19-10-12-4-5-13(17)8-15(12)16/h2-8H,9-10,17H2,1H3. The fraction of sp³-hybridized carbons (Fsp3) is 0.200. The van der Waals surface area contributed by atoms with Crippen LogP contribution in [0.4, 0.5) is 5.69 Å². The number of methoxy groups -OCH3 is 1. The highest BCUT2D eigenvalue weighted by Crippen LogP contribution is 2.21. The van der Waals surface area contributed by atoms with Gasteiger partial charge in [-0.3, -0.25) is 0 Å². The van der Waals surface area contributed by atoms with Crippen LogP contribution in [0.2, 0.25) is 0 Å². The van der Waals surface area contributed by atoms with Gasteiger partial charge in [-0.15, -0.1) is 0 Å². The molecule has 0 radical (unpaired) electrons. The average molecular weight is 322 g/mol. The minimum atomic E-state index is 0.549. The Bertz CT molecular complexity index is 540. The van der Waals surface area contributed by atoms with Crippen molar-refractivity contribution in [3.8, 4) is 5.75 Å². The van der Waals surface area contributed by atoms with E-state index >= 15 is 0 Å². The fourth-order valence-electron chi connectivity index (χ4n) is 1.68. The molecule has 2 N–H and O–H groups in total. The highest BCUT2D eigenvalue weighted by molar-refractivity contribution is 9.10. The number of ether oxygens (including phenoxy) is 2. The van der Waals surface area contributed by atoms with Crippen LogP contribution in [0.25, 0.3) is 0 Å². The summed E-state index contributed by atoms with van der Waals surface area (Å²) in [5.41, 5.74) is 8.64. The molecule has 100 valence electrons. The number of hydrogen-bond donors (Lipinski definition) is 1. The van der Waals surface area contributed by atoms with Gasteiger partial charge in [-0.05, 0) is 35.4 Å². The predicted octanol–water partition coefficient (Wildman–Crippen LogP) is 3.76. The Kier molecular flexibility index (Phi) is 4.82. The third kappa shape index (κ3) is 3.98. The van der Waals surface area contributed by atoms with E-state index in [4.69, 9.17) is 15.2 Å². The Morgan fingerprint density at radius 1 is 1.05 bits per heavy atom. The molecule has 0 fully saturated rings. The van der Waals surface area contributed by atoms with Crippen LogP contribution in [0.3, 0.4) is 0 Å². The molecule has 0 unspecified atom stereocenters. The second kappa shape index (κ2) is 6.59. The van der Waals surface area contributed by atoms with Gasteiger partial charge in [0, 0.05) is 10.2 Å². The molecule has 0 aliphatic rings. The van der Waals surface area contributed by atoms with Gasteiger partial charge in [0.2, 0.25) is 0 Å². The maximum atomic E-state index is 5.69. The van der Waals surface area contributed by atoms with Crippen LogP contribution in [-0.4, -0.2) is 7.11 Å². The summed E-state index contributed by atoms with van der Waals surface area (Å²) >= 11 is 3.48. The van der Waals surface area contributed by atoms with E-state index in [9.17, 15) is 0 Å². The highest BCUT2D eigenvalue weighted by atomic mass is 79.9. The first-order valence-corrected chi connectivity index (χ1v) is 6.73. The summed E-state index contributed by atoms with van der Waals surface area (Å²) in [5, 5.41) is 0. The molecular formula is C15H16BrNO2. The summed E-state index contributed by atoms with van der Waals surface area (Å²) in [6.07, 6.45) is 0. The van der Waals surface area contributed by atoms with Crippen molar-refractivity contribution in [1.82, 2.24) is 0 Å². The molecule has 0 aliphatic heterocycles. The van der Waals surface area contributed by atoms with Gasteiger partial charge in [-0.2, -0.15) is 0 Å². The molecule has 2 aromatic rings. The van der Waals surface area contributed by atoms with Crippen molar-refractivity contribution >= 4 is 21.6 Å². The molecular weight excluding hydrogens is 306 g/mol. The van der Waals surface area contributed by atoms with Crippen LogP contribution in [-0.2, 0) is 18.0 Å². The Labute approximate surface area is 121 Å². The van der Waals surface area contributed by atoms with E-state index in [1.165, 1.54) is 0 Å². The third-order valence-electron chi connectivity index (χ3n) is 2.76. The Morgan fingerprint density at radius 3 is 2.42 bits per heavy atom. The normalized spacial score (nSPS) is 10.4. The molecule has 0 atom stereocenters. The molecule has 4 heteroatoms. The summed E-state index contributed by atoms with van der Waals surface area (Å²) < 4.78 is 11.8. The number of halogens is 1. The van der Waals surface area contributed by atoms with Gasteiger partial charge in [-0.25, -0.2) is 0 Å². The molecule has 0 heterocycles. The second-order valence-corrected chi connectivity index (χ2v) is 5.05. The lowest BCUT2D eigenvalue weighted by Gasteiger charge is -2.08. The molecule has 19 heavy (non-hydrogen) atoms. The van der Waals surface area contributed by atoms with E-state index < -0.39 is 0 Å². The lowest BCUT2D eigenvalue weighted by atomic mass is 10.2. The van der Waals surface area contributed by atoms with Gasteiger partial charge in [0.05, 0.1) is 20.3 Å². The van der Waals surface area contributed by atoms with E-state index in [0.717, 1.165) is 27.0 Å². The van der Waals surface area contributed by atoms with Crippen molar-refractivity contribution in [2.75, 3.05) is 12.8 Å². The number of rotatable bonds is 5. The van der Waals surface area contributed by atoms with Crippen molar-refractivity contribution in [1.29, 1.82) is 0 Å². The second-order valence-electron chi connectivity index (χ2n) is 4.19. The number of anilines is 1. The SMILES string of the molecule is COc1ccc(COCc2ccc(N)cc2Br)cc1. The summed E-state index contributed by atoms with van der Waals surface area (Å²) in [4.78, 5) is 0. The van der Waals surface area contributed by atoms with Crippen LogP contribution in [0.1, 0.15) is 11.1 Å². The predicted molar refractivity (Wildman–Crippen MR) is 80.0 cm³/mol. The van der Waals surface area contributed by atoms with Crippen molar-refractivity contribution in [3.05, 3.63) is 58.1 Å². The first-order chi connectivity index (χ1) is 9.19. The molecule has 2 aromatic carbocycles. The summed E-state index contributed by atoms with van der Waals surface area (Å²) in [6.45, 7) is 1.12. The average Bonchev–Trinajstić information content (AvgIpc) is 2.42. The molecule has 0 spiro atoms. The van der Waals surface area contributed by atoms with E-state index in [1.54, 1.807) is 7.11 Å². The third-order valence-corrected chi connectivity index (χ3v) is 3.50. The topological polar surface area (TPSA) is 44.5 Å². The Hall–Kier alpha value is -1.52. The zero-order valence-electron chi connectivity index (χ0n) is 10.7. The molecule has 2 rings (SSSR count). The van der Waals surface area contributed by atoms with Crippen LogP contribution in [0, 0.1) is 0 Å². The van der Waals surface area contributed by atoms with E-state index in [0.29, 0.717) is 13.2 Å². The molecule has 0 saturated heterocycles. The Balaban J connectivity index is 1.88. The molecule has 0 amide bonds. The maximum absolute atomic E-state index is 5.69. The molecule has 0 aliphatic carbocycles. The zero-order chi connectivity index (χ0) is 13.7. The van der Waals surface area contributed by atoms with Crippen molar-refractivity contribution < 1.29 is 9.47 Å². The minimum absolute atomic E-state index is 0.549. The van der Waals surface area contributed by atoms with Gasteiger partial charge < -0.3 is 15.2 Å².